The van der Waals surface area contributed by atoms with Gasteiger partial charge in [0, 0.05) is 12.2 Å². The van der Waals surface area contributed by atoms with Gasteiger partial charge < -0.3 is 10.6 Å². The van der Waals surface area contributed by atoms with Crippen molar-refractivity contribution in [1.82, 2.24) is 10.2 Å². The molecule has 0 unspecified atom stereocenters. The van der Waals surface area contributed by atoms with Crippen molar-refractivity contribution in [3.8, 4) is 0 Å². The number of anilines is 1. The molecule has 0 radical (unpaired) electrons. The number of nitrogens with zero attached hydrogens (tertiary/aromatic N) is 1. The topological polar surface area (TPSA) is 61.4 Å². The lowest BCUT2D eigenvalue weighted by Crippen LogP contribution is -2.41. The Hall–Kier alpha value is -2.25. The van der Waals surface area contributed by atoms with E-state index < -0.39 is 17.6 Å². The van der Waals surface area contributed by atoms with E-state index in [1.807, 2.05) is 11.4 Å². The molecule has 1 aliphatic heterocycles. The Morgan fingerprint density at radius 1 is 1.20 bits per heavy atom. The van der Waals surface area contributed by atoms with E-state index in [-0.39, 0.29) is 11.7 Å². The maximum atomic E-state index is 13.1. The minimum Gasteiger partial charge on any atom is -0.346 e. The number of amides is 2. The Labute approximate surface area is 149 Å². The molecule has 0 bridgehead atoms. The van der Waals surface area contributed by atoms with E-state index in [2.05, 4.69) is 20.9 Å². The van der Waals surface area contributed by atoms with E-state index in [9.17, 15) is 14.0 Å². The highest BCUT2D eigenvalue weighted by Gasteiger charge is 2.25. The van der Waals surface area contributed by atoms with Crippen molar-refractivity contribution in [2.24, 2.45) is 0 Å². The average Bonchev–Trinajstić information content (AvgIpc) is 3.29. The Balaban J connectivity index is 1.58. The zero-order valence-electron chi connectivity index (χ0n) is 13.7. The summed E-state index contributed by atoms with van der Waals surface area (Å²) in [4.78, 5) is 26.4. The molecule has 1 aliphatic rings. The van der Waals surface area contributed by atoms with Gasteiger partial charge in [0.05, 0.1) is 6.04 Å². The number of thiophene rings is 1. The predicted molar refractivity (Wildman–Crippen MR) is 95.9 cm³/mol. The molecule has 2 aromatic rings. The number of rotatable bonds is 5. The standard InChI is InChI=1S/C18H20FN3O2S/c19-14-4-3-5-15(10-14)21-18(24)17(23)20-11-16(13-6-9-25-12-13)22-7-1-2-8-22/h3-6,9-10,12,16H,1-2,7-8,11H2,(H,20,23)(H,21,24)/t16-/m0/s1. The fraction of sp³-hybridized carbons (Fsp3) is 0.333. The van der Waals surface area contributed by atoms with Crippen LogP contribution >= 0.6 is 11.3 Å². The molecule has 0 spiro atoms. The average molecular weight is 361 g/mol. The number of carbonyl (C=O) groups excluding carboxylic acids is 2. The van der Waals surface area contributed by atoms with Crippen molar-refractivity contribution in [2.45, 2.75) is 18.9 Å². The van der Waals surface area contributed by atoms with E-state index in [0.29, 0.717) is 6.54 Å². The van der Waals surface area contributed by atoms with Crippen LogP contribution in [0.3, 0.4) is 0 Å². The fourth-order valence-electron chi connectivity index (χ4n) is 3.00. The highest BCUT2D eigenvalue weighted by molar-refractivity contribution is 7.08. The van der Waals surface area contributed by atoms with E-state index in [1.54, 1.807) is 11.3 Å². The van der Waals surface area contributed by atoms with Crippen molar-refractivity contribution in [1.29, 1.82) is 0 Å². The van der Waals surface area contributed by atoms with Crippen LogP contribution in [0.2, 0.25) is 0 Å². The molecule has 3 rings (SSSR count). The van der Waals surface area contributed by atoms with Crippen molar-refractivity contribution < 1.29 is 14.0 Å². The Morgan fingerprint density at radius 2 is 2.00 bits per heavy atom. The van der Waals surface area contributed by atoms with E-state index >= 15 is 0 Å². The molecule has 25 heavy (non-hydrogen) atoms. The first-order valence-electron chi connectivity index (χ1n) is 8.24. The van der Waals surface area contributed by atoms with Crippen molar-refractivity contribution in [2.75, 3.05) is 25.0 Å². The minimum absolute atomic E-state index is 0.0691. The number of carbonyl (C=O) groups is 2. The molecule has 7 heteroatoms. The van der Waals surface area contributed by atoms with Crippen LogP contribution in [0, 0.1) is 5.82 Å². The molecule has 5 nitrogen and oxygen atoms in total. The smallest absolute Gasteiger partial charge is 0.313 e. The van der Waals surface area contributed by atoms with Gasteiger partial charge in [-0.3, -0.25) is 14.5 Å². The molecular formula is C18H20FN3O2S. The maximum Gasteiger partial charge on any atom is 0.313 e. The summed E-state index contributed by atoms with van der Waals surface area (Å²) in [5.41, 5.74) is 1.41. The summed E-state index contributed by atoms with van der Waals surface area (Å²) in [5.74, 6) is -1.98. The Bertz CT molecular complexity index is 730. The van der Waals surface area contributed by atoms with E-state index in [4.69, 9.17) is 0 Å². The normalized spacial score (nSPS) is 15.7. The molecule has 1 saturated heterocycles. The van der Waals surface area contributed by atoms with Gasteiger partial charge in [-0.25, -0.2) is 4.39 Å². The third kappa shape index (κ3) is 4.64. The van der Waals surface area contributed by atoms with Crippen LogP contribution in [0.25, 0.3) is 0 Å². The largest absolute Gasteiger partial charge is 0.346 e. The second kappa shape index (κ2) is 8.22. The molecule has 1 atom stereocenters. The van der Waals surface area contributed by atoms with Crippen LogP contribution in [0.1, 0.15) is 24.4 Å². The first-order chi connectivity index (χ1) is 12.1. The molecule has 2 N–H and O–H groups in total. The molecule has 1 aromatic heterocycles. The van der Waals surface area contributed by atoms with Crippen LogP contribution in [-0.2, 0) is 9.59 Å². The lowest BCUT2D eigenvalue weighted by atomic mass is 10.1. The van der Waals surface area contributed by atoms with Crippen LogP contribution in [0.15, 0.2) is 41.1 Å². The highest BCUT2D eigenvalue weighted by atomic mass is 32.1. The lowest BCUT2D eigenvalue weighted by molar-refractivity contribution is -0.136. The summed E-state index contributed by atoms with van der Waals surface area (Å²) < 4.78 is 13.1. The zero-order chi connectivity index (χ0) is 17.6. The van der Waals surface area contributed by atoms with Gasteiger partial charge in [0.25, 0.3) is 0 Å². The predicted octanol–water partition coefficient (Wildman–Crippen LogP) is 2.78. The second-order valence-corrected chi connectivity index (χ2v) is 6.77. The van der Waals surface area contributed by atoms with Gasteiger partial charge in [0.2, 0.25) is 0 Å². The van der Waals surface area contributed by atoms with Crippen molar-refractivity contribution in [3.05, 3.63) is 52.5 Å². The summed E-state index contributed by atoms with van der Waals surface area (Å²) in [6.45, 7) is 2.35. The highest BCUT2D eigenvalue weighted by Crippen LogP contribution is 2.26. The number of hydrogen-bond donors (Lipinski definition) is 2. The van der Waals surface area contributed by atoms with Gasteiger partial charge in [-0.2, -0.15) is 11.3 Å². The molecule has 2 heterocycles. The monoisotopic (exact) mass is 361 g/mol. The molecule has 1 aromatic carbocycles. The maximum absolute atomic E-state index is 13.1. The summed E-state index contributed by atoms with van der Waals surface area (Å²) in [6, 6.07) is 7.57. The molecule has 0 aliphatic carbocycles. The number of nitrogens with one attached hydrogen (secondary N) is 2. The van der Waals surface area contributed by atoms with Crippen LogP contribution in [0.4, 0.5) is 10.1 Å². The molecule has 0 saturated carbocycles. The van der Waals surface area contributed by atoms with E-state index in [1.165, 1.54) is 24.3 Å². The van der Waals surface area contributed by atoms with Crippen LogP contribution in [-0.4, -0.2) is 36.3 Å². The number of likely N-dealkylation sites (tertiary alicyclic amines) is 1. The fourth-order valence-corrected chi connectivity index (χ4v) is 3.71. The van der Waals surface area contributed by atoms with Gasteiger partial charge >= 0.3 is 11.8 Å². The van der Waals surface area contributed by atoms with Crippen molar-refractivity contribution >= 4 is 28.8 Å². The summed E-state index contributed by atoms with van der Waals surface area (Å²) in [5, 5.41) is 9.19. The quantitative estimate of drug-likeness (QED) is 0.805. The number of benzene rings is 1. The summed E-state index contributed by atoms with van der Waals surface area (Å²) >= 11 is 1.62. The third-order valence-corrected chi connectivity index (χ3v) is 4.96. The lowest BCUT2D eigenvalue weighted by Gasteiger charge is -2.27. The SMILES string of the molecule is O=C(NC[C@@H](c1ccsc1)N1CCCC1)C(=O)Nc1cccc(F)c1. The minimum atomic E-state index is -0.795. The van der Waals surface area contributed by atoms with Crippen LogP contribution < -0.4 is 10.6 Å². The molecule has 2 amide bonds. The van der Waals surface area contributed by atoms with Crippen molar-refractivity contribution in [3.63, 3.8) is 0 Å². The molecule has 1 fully saturated rings. The number of halogens is 1. The van der Waals surface area contributed by atoms with Gasteiger partial charge in [-0.05, 0) is 66.5 Å². The van der Waals surface area contributed by atoms with Crippen LogP contribution in [0.5, 0.6) is 0 Å². The summed E-state index contributed by atoms with van der Waals surface area (Å²) in [6.07, 6.45) is 2.29. The third-order valence-electron chi connectivity index (χ3n) is 4.25. The summed E-state index contributed by atoms with van der Waals surface area (Å²) in [7, 11) is 0. The Kier molecular flexibility index (Phi) is 5.78. The number of hydrogen-bond acceptors (Lipinski definition) is 4. The first kappa shape index (κ1) is 17.6. The Morgan fingerprint density at radius 3 is 2.68 bits per heavy atom. The van der Waals surface area contributed by atoms with Gasteiger partial charge in [-0.15, -0.1) is 0 Å². The zero-order valence-corrected chi connectivity index (χ0v) is 14.5. The van der Waals surface area contributed by atoms with Gasteiger partial charge in [0.15, 0.2) is 0 Å². The second-order valence-electron chi connectivity index (χ2n) is 5.99. The van der Waals surface area contributed by atoms with Gasteiger partial charge in [0.1, 0.15) is 5.82 Å². The van der Waals surface area contributed by atoms with Gasteiger partial charge in [-0.1, -0.05) is 6.07 Å². The molecule has 132 valence electrons. The first-order valence-corrected chi connectivity index (χ1v) is 9.18. The van der Waals surface area contributed by atoms with E-state index in [0.717, 1.165) is 31.5 Å². The molecular weight excluding hydrogens is 341 g/mol.